The van der Waals surface area contributed by atoms with E-state index in [-0.39, 0.29) is 5.66 Å². The van der Waals surface area contributed by atoms with Gasteiger partial charge in [-0.3, -0.25) is 0 Å². The van der Waals surface area contributed by atoms with E-state index >= 15 is 0 Å². The third-order valence-corrected chi connectivity index (χ3v) is 14.4. The minimum atomic E-state index is -2.83. The molecule has 0 fully saturated rings. The highest BCUT2D eigenvalue weighted by Gasteiger charge is 2.33. The topological polar surface area (TPSA) is 37.1 Å². The molecule has 0 saturated heterocycles. The van der Waals surface area contributed by atoms with E-state index in [1.165, 1.54) is 0 Å². The molecule has 0 aliphatic carbocycles. The zero-order valence-corrected chi connectivity index (χ0v) is 14.3. The molecule has 10 heteroatoms. The lowest BCUT2D eigenvalue weighted by molar-refractivity contribution is 1.08. The molecule has 1 aliphatic heterocycles. The van der Waals surface area contributed by atoms with Crippen molar-refractivity contribution in [2.75, 3.05) is 0 Å². The molecule has 92 valence electrons. The zero-order chi connectivity index (χ0) is 12.6. The van der Waals surface area contributed by atoms with Gasteiger partial charge in [-0.05, 0) is 45.0 Å². The predicted molar refractivity (Wildman–Crippen MR) is 80.3 cm³/mol. The molecule has 0 saturated carbocycles. The molecular weight excluding hydrogens is 349 g/mol. The van der Waals surface area contributed by atoms with Gasteiger partial charge in [-0.15, -0.1) is 5.73 Å². The van der Waals surface area contributed by atoms with Crippen LogP contribution in [0.3, 0.4) is 0 Å². The van der Waals surface area contributed by atoms with Crippen LogP contribution in [0.15, 0.2) is 31.7 Å². The summed E-state index contributed by atoms with van der Waals surface area (Å²) in [6.07, 6.45) is 0. The minimum absolute atomic E-state index is 0.103. The molecule has 0 bridgehead atoms. The number of hydrogen-bond donors (Lipinski definition) is 0. The SMILES string of the molecule is C=C=CP1(C(C)C)=NP(Cl)(Cl)=NP(Cl)(Cl)=N1. The van der Waals surface area contributed by atoms with E-state index in [4.69, 9.17) is 45.0 Å². The molecule has 1 aliphatic rings. The van der Waals surface area contributed by atoms with E-state index in [1.807, 2.05) is 13.8 Å². The third-order valence-electron chi connectivity index (χ3n) is 1.76. The van der Waals surface area contributed by atoms with Crippen molar-refractivity contribution in [1.29, 1.82) is 0 Å². The van der Waals surface area contributed by atoms with Crippen LogP contribution in [0.5, 0.6) is 0 Å². The minimum Gasteiger partial charge on any atom is -0.208 e. The maximum atomic E-state index is 6.02. The van der Waals surface area contributed by atoms with Crippen LogP contribution in [0.2, 0.25) is 0 Å². The van der Waals surface area contributed by atoms with E-state index in [0.29, 0.717) is 0 Å². The number of hydrogen-bond acceptors (Lipinski definition) is 3. The van der Waals surface area contributed by atoms with Crippen LogP contribution in [-0.2, 0) is 0 Å². The summed E-state index contributed by atoms with van der Waals surface area (Å²) in [5.74, 6) is -3.97. The molecule has 0 aromatic rings. The Labute approximate surface area is 115 Å². The van der Waals surface area contributed by atoms with Gasteiger partial charge in [0.25, 0.3) is 11.8 Å². The monoisotopic (exact) mass is 357 g/mol. The smallest absolute Gasteiger partial charge is 0.208 e. The Morgan fingerprint density at radius 2 is 1.56 bits per heavy atom. The number of halogens is 4. The summed E-state index contributed by atoms with van der Waals surface area (Å²) in [6, 6.07) is 0. The van der Waals surface area contributed by atoms with Crippen molar-refractivity contribution in [2.24, 2.45) is 13.5 Å². The van der Waals surface area contributed by atoms with Crippen LogP contribution in [0.4, 0.5) is 0 Å². The van der Waals surface area contributed by atoms with Crippen LogP contribution in [0.1, 0.15) is 13.8 Å². The fraction of sp³-hybridized carbons (Fsp3) is 0.500. The predicted octanol–water partition coefficient (Wildman–Crippen LogP) is 7.67. The van der Waals surface area contributed by atoms with Crippen LogP contribution in [0, 0.1) is 0 Å². The van der Waals surface area contributed by atoms with Crippen LogP contribution < -0.4 is 0 Å². The summed E-state index contributed by atoms with van der Waals surface area (Å²) >= 11 is 24.1. The molecule has 1 atom stereocenters. The molecule has 3 nitrogen and oxygen atoms in total. The summed E-state index contributed by atoms with van der Waals surface area (Å²) in [5, 5.41) is 0. The normalized spacial score (nSPS) is 30.7. The zero-order valence-electron chi connectivity index (χ0n) is 8.56. The van der Waals surface area contributed by atoms with Crippen molar-refractivity contribution in [3.63, 3.8) is 0 Å². The van der Waals surface area contributed by atoms with Crippen LogP contribution >= 0.6 is 64.0 Å². The van der Waals surface area contributed by atoms with Crippen molar-refractivity contribution in [3.8, 4) is 0 Å². The highest BCUT2D eigenvalue weighted by Crippen LogP contribution is 2.86. The second-order valence-corrected chi connectivity index (χ2v) is 16.7. The molecule has 1 heterocycles. The van der Waals surface area contributed by atoms with Crippen molar-refractivity contribution in [2.45, 2.75) is 19.5 Å². The van der Waals surface area contributed by atoms with Gasteiger partial charge in [-0.25, -0.2) is 9.03 Å². The lowest BCUT2D eigenvalue weighted by atomic mass is 10.6. The molecular formula is C6H10Cl4N3P3. The first kappa shape index (κ1) is 15.4. The van der Waals surface area contributed by atoms with Crippen molar-refractivity contribution in [3.05, 3.63) is 18.1 Å². The van der Waals surface area contributed by atoms with Gasteiger partial charge in [0.1, 0.15) is 7.21 Å². The quantitative estimate of drug-likeness (QED) is 0.358. The molecule has 1 rings (SSSR count). The van der Waals surface area contributed by atoms with Gasteiger partial charge in [-0.1, -0.05) is 20.4 Å². The van der Waals surface area contributed by atoms with E-state index in [2.05, 4.69) is 25.9 Å². The molecule has 0 aromatic heterocycles. The Bertz CT molecular complexity index is 498. The maximum absolute atomic E-state index is 6.02. The van der Waals surface area contributed by atoms with Gasteiger partial charge >= 0.3 is 0 Å². The molecule has 0 radical (unpaired) electrons. The summed E-state index contributed by atoms with van der Waals surface area (Å²) in [4.78, 5) is 0. The Balaban J connectivity index is 3.68. The Hall–Kier alpha value is 1.37. The number of rotatable bonds is 2. The van der Waals surface area contributed by atoms with E-state index < -0.39 is 19.0 Å². The van der Waals surface area contributed by atoms with Gasteiger partial charge in [0.2, 0.25) is 0 Å². The lowest BCUT2D eigenvalue weighted by Gasteiger charge is -2.26. The molecule has 0 amide bonds. The largest absolute Gasteiger partial charge is 0.255 e. The first-order valence-electron chi connectivity index (χ1n) is 4.19. The molecule has 16 heavy (non-hydrogen) atoms. The second kappa shape index (κ2) is 5.16. The van der Waals surface area contributed by atoms with Crippen LogP contribution in [-0.4, -0.2) is 5.66 Å². The standard InChI is InChI=1S/C6H10Cl4N3P3/c1-4-5-14(6(2)3)11-15(7,8)13-16(9,10)12-14/h5-6H,1H2,2-3H3. The average Bonchev–Trinajstić information content (AvgIpc) is 1.97. The summed E-state index contributed by atoms with van der Waals surface area (Å²) in [7, 11) is -2.28. The second-order valence-electron chi connectivity index (χ2n) is 3.31. The van der Waals surface area contributed by atoms with Gasteiger partial charge in [0.05, 0.1) is 0 Å². The molecule has 0 N–H and O–H groups in total. The van der Waals surface area contributed by atoms with Gasteiger partial charge < -0.3 is 0 Å². The fourth-order valence-electron chi connectivity index (χ4n) is 1.07. The van der Waals surface area contributed by atoms with E-state index in [1.54, 1.807) is 5.82 Å². The Kier molecular flexibility index (Phi) is 4.98. The molecule has 1 unspecified atom stereocenters. The Morgan fingerprint density at radius 1 is 1.06 bits per heavy atom. The van der Waals surface area contributed by atoms with E-state index in [9.17, 15) is 0 Å². The lowest BCUT2D eigenvalue weighted by Crippen LogP contribution is -1.93. The van der Waals surface area contributed by atoms with Crippen LogP contribution in [0.25, 0.3) is 0 Å². The van der Waals surface area contributed by atoms with E-state index in [0.717, 1.165) is 0 Å². The van der Waals surface area contributed by atoms with Gasteiger partial charge in [0.15, 0.2) is 0 Å². The van der Waals surface area contributed by atoms with Crippen molar-refractivity contribution >= 4 is 64.0 Å². The summed E-state index contributed by atoms with van der Waals surface area (Å²) in [5.41, 5.74) is 2.78. The van der Waals surface area contributed by atoms with Gasteiger partial charge in [0, 0.05) is 11.5 Å². The molecule has 0 spiro atoms. The van der Waals surface area contributed by atoms with Gasteiger partial charge in [-0.2, -0.15) is 4.52 Å². The summed E-state index contributed by atoms with van der Waals surface area (Å²) < 4.78 is 12.6. The van der Waals surface area contributed by atoms with Crippen molar-refractivity contribution in [1.82, 2.24) is 0 Å². The summed E-state index contributed by atoms with van der Waals surface area (Å²) in [6.45, 7) is 7.45. The Morgan fingerprint density at radius 3 is 1.94 bits per heavy atom. The maximum Gasteiger partial charge on any atom is 0.255 e. The highest BCUT2D eigenvalue weighted by molar-refractivity contribution is 8.21. The highest BCUT2D eigenvalue weighted by atomic mass is 35.9. The fourth-order valence-corrected chi connectivity index (χ4v) is 17.6. The van der Waals surface area contributed by atoms with Crippen molar-refractivity contribution < 1.29 is 0 Å². The number of nitrogens with zero attached hydrogens (tertiary/aromatic N) is 3. The molecule has 0 aromatic carbocycles. The third kappa shape index (κ3) is 3.68. The first-order valence-corrected chi connectivity index (χ1v) is 13.0. The average molecular weight is 359 g/mol. The first-order chi connectivity index (χ1) is 7.13.